The number of nitrogens with one attached hydrogen (secondary N) is 1. The second kappa shape index (κ2) is 22.8. The molecule has 0 fully saturated rings. The van der Waals surface area contributed by atoms with E-state index in [2.05, 4.69) is 54.7 Å². The van der Waals surface area contributed by atoms with Crippen LogP contribution in [-0.4, -0.2) is 89.0 Å². The largest absolute Gasteiger partial charge is 0.505 e. The number of nitro groups is 1. The minimum Gasteiger partial charge on any atom is -0.505 e. The van der Waals surface area contributed by atoms with Crippen LogP contribution in [0, 0.1) is 10.1 Å². The van der Waals surface area contributed by atoms with Crippen LogP contribution in [0.4, 0.5) is 51.2 Å². The fraction of sp³-hybridized carbons (Fsp3) is 0.147. The summed E-state index contributed by atoms with van der Waals surface area (Å²) in [7, 11) is -10.1. The number of nitrogens with two attached hydrogens (primary N) is 1. The third kappa shape index (κ3) is 13.1. The van der Waals surface area contributed by atoms with Crippen LogP contribution in [0.5, 0.6) is 17.2 Å². The Labute approximate surface area is 383 Å². The molecule has 0 atom stereocenters. The van der Waals surface area contributed by atoms with Gasteiger partial charge in [0.2, 0.25) is 5.91 Å². The predicted molar refractivity (Wildman–Crippen MR) is 229 cm³/mol. The van der Waals surface area contributed by atoms with Crippen molar-refractivity contribution in [1.29, 1.82) is 0 Å². The summed E-state index contributed by atoms with van der Waals surface area (Å²) in [4.78, 5) is 19.9. The van der Waals surface area contributed by atoms with Gasteiger partial charge in [-0.15, -0.1) is 39.4 Å². The lowest BCUT2D eigenvalue weighted by molar-refractivity contribution is -0.432. The second-order valence-electron chi connectivity index (χ2n) is 12.5. The number of aliphatic hydroxyl groups is 2. The van der Waals surface area contributed by atoms with Gasteiger partial charge < -0.3 is 35.8 Å². The summed E-state index contributed by atoms with van der Waals surface area (Å²) in [5.41, 5.74) is 2.85. The lowest BCUT2D eigenvalue weighted by Gasteiger charge is -2.15. The Balaban J connectivity index is 1.69. The number of benzene rings is 5. The van der Waals surface area contributed by atoms with E-state index in [9.17, 15) is 56.2 Å². The van der Waals surface area contributed by atoms with Crippen molar-refractivity contribution in [3.8, 4) is 17.2 Å². The van der Waals surface area contributed by atoms with Crippen LogP contribution in [0.15, 0.2) is 111 Å². The van der Waals surface area contributed by atoms with E-state index in [-0.39, 0.29) is 86.7 Å². The summed E-state index contributed by atoms with van der Waals surface area (Å²) in [6.07, 6.45) is 0. The molecule has 0 aliphatic rings. The summed E-state index contributed by atoms with van der Waals surface area (Å²) < 4.78 is 90.0. The van der Waals surface area contributed by atoms with E-state index in [1.54, 1.807) is 0 Å². The SMILES string of the molecule is CC(=O)Nc1ccc(N=Nc2cc(OCCO)c(N=Nc3c(SOOO)cc4cc(S(=O)(=O)O)c(N=Nc5ccc([N+](=O)[O-])cc5SOOO)c(N)c4c3O)cc2OCCO)c(S(=O)(=O)O)c1. The first-order valence-corrected chi connectivity index (χ1v) is 22.1. The molecule has 33 heteroatoms. The molecule has 10 N–H and O–H groups in total. The van der Waals surface area contributed by atoms with Gasteiger partial charge in [-0.25, -0.2) is 10.5 Å². The topological polar surface area (TPSA) is 438 Å². The Hall–Kier alpha value is -6.57. The smallest absolute Gasteiger partial charge is 0.296 e. The van der Waals surface area contributed by atoms with Gasteiger partial charge in [-0.05, 0) is 41.8 Å². The summed E-state index contributed by atoms with van der Waals surface area (Å²) in [5.74, 6) is -1.84. The Morgan fingerprint density at radius 2 is 1.27 bits per heavy atom. The first kappa shape index (κ1) is 51.4. The number of carbonyl (C=O) groups excluding carboxylic acids is 1. The van der Waals surface area contributed by atoms with Crippen LogP contribution in [0.3, 0.4) is 0 Å². The zero-order chi connectivity index (χ0) is 49.1. The van der Waals surface area contributed by atoms with Crippen molar-refractivity contribution in [1.82, 2.24) is 0 Å². The average Bonchev–Trinajstić information content (AvgIpc) is 3.27. The summed E-state index contributed by atoms with van der Waals surface area (Å²) in [5, 5.41) is 92.6. The first-order chi connectivity index (χ1) is 31.8. The maximum absolute atomic E-state index is 12.7. The monoisotopic (exact) mass is 1010 g/mol. The van der Waals surface area contributed by atoms with Crippen LogP contribution < -0.4 is 20.5 Å². The van der Waals surface area contributed by atoms with Crippen molar-refractivity contribution < 1.29 is 89.7 Å². The maximum atomic E-state index is 12.7. The van der Waals surface area contributed by atoms with E-state index in [1.807, 2.05) is 0 Å². The molecule has 0 heterocycles. The third-order valence-electron chi connectivity index (χ3n) is 8.13. The fourth-order valence-electron chi connectivity index (χ4n) is 5.48. The number of phenolic OH excluding ortho intramolecular Hbond substituents is 1. The number of azo groups is 3. The first-order valence-electron chi connectivity index (χ1n) is 17.8. The van der Waals surface area contributed by atoms with Gasteiger partial charge in [0.1, 0.15) is 68.6 Å². The molecule has 0 unspecified atom stereocenters. The molecule has 5 aromatic carbocycles. The van der Waals surface area contributed by atoms with Crippen LogP contribution in [0.2, 0.25) is 0 Å². The number of nitrogens with zero attached hydrogens (tertiary/aromatic N) is 7. The number of phenols is 1. The lowest BCUT2D eigenvalue weighted by Crippen LogP contribution is -2.07. The third-order valence-corrected chi connectivity index (χ3v) is 11.1. The number of anilines is 2. The Kier molecular flexibility index (Phi) is 17.5. The van der Waals surface area contributed by atoms with Gasteiger partial charge in [-0.2, -0.15) is 16.8 Å². The molecule has 0 aliphatic carbocycles. The molecule has 1 amide bonds. The number of aliphatic hydroxyl groups excluding tert-OH is 2. The molecule has 0 bridgehead atoms. The van der Waals surface area contributed by atoms with E-state index in [0.29, 0.717) is 0 Å². The van der Waals surface area contributed by atoms with Gasteiger partial charge in [0.25, 0.3) is 25.9 Å². The van der Waals surface area contributed by atoms with Crippen LogP contribution in [0.1, 0.15) is 6.92 Å². The van der Waals surface area contributed by atoms with Crippen molar-refractivity contribution in [3.63, 3.8) is 0 Å². The van der Waals surface area contributed by atoms with Gasteiger partial charge in [-0.3, -0.25) is 24.0 Å². The highest BCUT2D eigenvalue weighted by molar-refractivity contribution is 7.95. The van der Waals surface area contributed by atoms with E-state index >= 15 is 0 Å². The fourth-order valence-corrected chi connectivity index (χ4v) is 7.76. The molecular weight excluding hydrogens is 983 g/mol. The molecule has 5 aromatic rings. The van der Waals surface area contributed by atoms with Crippen molar-refractivity contribution >= 4 is 112 Å². The number of rotatable bonds is 22. The number of hydrogen-bond acceptors (Lipinski definition) is 27. The number of nitro benzene ring substituents is 1. The summed E-state index contributed by atoms with van der Waals surface area (Å²) >= 11 is 0.441. The molecule has 0 aliphatic heterocycles. The molecule has 29 nitrogen and oxygen atoms in total. The number of nitrogen functional groups attached to an aromatic ring is 1. The zero-order valence-electron chi connectivity index (χ0n) is 33.4. The number of amides is 1. The number of carbonyl (C=O) groups is 1. The Morgan fingerprint density at radius 3 is 1.82 bits per heavy atom. The van der Waals surface area contributed by atoms with Crippen LogP contribution >= 0.6 is 24.1 Å². The standard InChI is InChI=1S/C34H31N9O20S4/c1-16(46)36-18-2-4-21(28(12-18)66(52,53)54)38-39-22-14-25(59-9-7-45)23(15-24(22)58-8-6-44)40-41-32-27(65-63-61-51)10-17-11-29(67(55,56)57)33(31(35)30(17)34(32)47)42-37-20-5-3-19(43(48)49)13-26(20)64-62-60-50/h2-5,10-15,44-45,47,50-51H,6-9,35H2,1H3,(H,36,46)(H,52,53,54)(H,55,56,57). The molecule has 67 heavy (non-hydrogen) atoms. The second-order valence-corrected chi connectivity index (χ2v) is 16.8. The molecule has 0 saturated heterocycles. The highest BCUT2D eigenvalue weighted by atomic mass is 32.2. The Bertz CT molecular complexity index is 3020. The van der Waals surface area contributed by atoms with Gasteiger partial charge in [0, 0.05) is 36.9 Å². The quantitative estimate of drug-likeness (QED) is 0.00622. The number of non-ortho nitro benzene ring substituents is 1. The number of aromatic hydroxyl groups is 1. The number of fused-ring (bicyclic) bond motifs is 1. The molecule has 0 radical (unpaired) electrons. The lowest BCUT2D eigenvalue weighted by atomic mass is 10.1. The van der Waals surface area contributed by atoms with Gasteiger partial charge in [0.15, 0.2) is 5.75 Å². The average molecular weight is 1010 g/mol. The molecule has 0 aromatic heterocycles. The van der Waals surface area contributed by atoms with Crippen molar-refractivity contribution in [2.45, 2.75) is 26.5 Å². The highest BCUT2D eigenvalue weighted by Gasteiger charge is 2.26. The van der Waals surface area contributed by atoms with E-state index in [4.69, 9.17) is 25.7 Å². The van der Waals surface area contributed by atoms with Crippen molar-refractivity contribution in [3.05, 3.63) is 70.8 Å². The van der Waals surface area contributed by atoms with Gasteiger partial charge >= 0.3 is 0 Å². The summed E-state index contributed by atoms with van der Waals surface area (Å²) in [6.45, 7) is -0.637. The molecule has 356 valence electrons. The number of hydrogen-bond donors (Lipinski definition) is 9. The maximum Gasteiger partial charge on any atom is 0.296 e. The summed E-state index contributed by atoms with van der Waals surface area (Å²) in [6, 6.07) is 10.5. The minimum atomic E-state index is -5.21. The zero-order valence-corrected chi connectivity index (χ0v) is 36.6. The highest BCUT2D eigenvalue weighted by Crippen LogP contribution is 2.51. The van der Waals surface area contributed by atoms with Crippen LogP contribution in [-0.2, 0) is 43.8 Å². The van der Waals surface area contributed by atoms with E-state index in [1.165, 1.54) is 13.0 Å². The Morgan fingerprint density at radius 1 is 0.731 bits per heavy atom. The van der Waals surface area contributed by atoms with E-state index < -0.39 is 93.6 Å². The molecule has 5 rings (SSSR count). The van der Waals surface area contributed by atoms with E-state index in [0.717, 1.165) is 54.6 Å². The van der Waals surface area contributed by atoms with Gasteiger partial charge in [-0.1, -0.05) is 10.1 Å². The normalized spacial score (nSPS) is 12.2. The van der Waals surface area contributed by atoms with Gasteiger partial charge in [0.05, 0.1) is 63.1 Å². The molecule has 0 saturated carbocycles. The van der Waals surface area contributed by atoms with Crippen molar-refractivity contribution in [2.24, 2.45) is 30.7 Å². The van der Waals surface area contributed by atoms with Crippen LogP contribution in [0.25, 0.3) is 10.8 Å². The van der Waals surface area contributed by atoms with Crippen molar-refractivity contribution in [2.75, 3.05) is 37.5 Å². The molecule has 0 spiro atoms. The minimum absolute atomic E-state index is 0.00172. The predicted octanol–water partition coefficient (Wildman–Crippen LogP) is 7.33. The number of ether oxygens (including phenoxy) is 2. The molecular formula is C34H31N9O20S4.